The fraction of sp³-hybridized carbons (Fsp3) is 0.400. The minimum Gasteiger partial charge on any atom is -0.465 e. The van der Waals surface area contributed by atoms with Crippen molar-refractivity contribution in [3.05, 3.63) is 10.7 Å². The second-order valence-corrected chi connectivity index (χ2v) is 3.61. The molecule has 0 unspecified atom stereocenters. The van der Waals surface area contributed by atoms with Crippen LogP contribution in [0, 0.1) is 22.7 Å². The van der Waals surface area contributed by atoms with Crippen molar-refractivity contribution < 1.29 is 19.1 Å². The highest BCUT2D eigenvalue weighted by molar-refractivity contribution is 6.31. The Balaban J connectivity index is 3.12. The molecule has 2 N–H and O–H groups in total. The maximum absolute atomic E-state index is 11.7. The molecule has 1 aliphatic heterocycles. The Morgan fingerprint density at radius 3 is 2.89 bits per heavy atom. The predicted molar refractivity (Wildman–Crippen MR) is 60.4 cm³/mol. The summed E-state index contributed by atoms with van der Waals surface area (Å²) in [6.45, 7) is 1.82. The van der Waals surface area contributed by atoms with E-state index in [1.165, 1.54) is 0 Å². The zero-order chi connectivity index (χ0) is 13.7. The van der Waals surface area contributed by atoms with Gasteiger partial charge >= 0.3 is 5.97 Å². The van der Waals surface area contributed by atoms with E-state index in [0.717, 1.165) is 0 Å². The van der Waals surface area contributed by atoms with Crippen molar-refractivity contribution in [2.24, 2.45) is 5.92 Å². The Labute approximate surface area is 108 Å². The summed E-state index contributed by atoms with van der Waals surface area (Å²) in [4.78, 5) is 22.0. The maximum atomic E-state index is 11.7. The number of nitriles is 1. The molecule has 0 amide bonds. The second kappa shape index (κ2) is 6.02. The molecule has 8 heteroatoms. The molecule has 0 fully saturated rings. The van der Waals surface area contributed by atoms with E-state index in [1.54, 1.807) is 13.0 Å². The average Bonchev–Trinajstić information content (AvgIpc) is 2.33. The van der Waals surface area contributed by atoms with Crippen LogP contribution < -0.4 is 5.32 Å². The van der Waals surface area contributed by atoms with Gasteiger partial charge in [-0.05, 0) is 6.92 Å². The zero-order valence-corrected chi connectivity index (χ0v) is 10.2. The lowest BCUT2D eigenvalue weighted by atomic mass is 9.91. The van der Waals surface area contributed by atoms with E-state index in [9.17, 15) is 9.59 Å². The van der Waals surface area contributed by atoms with Gasteiger partial charge in [0.2, 0.25) is 6.23 Å². The Kier molecular flexibility index (Phi) is 4.68. The van der Waals surface area contributed by atoms with E-state index in [4.69, 9.17) is 27.0 Å². The summed E-state index contributed by atoms with van der Waals surface area (Å²) < 4.78 is 9.33. The molecule has 96 valence electrons. The Morgan fingerprint density at radius 1 is 1.72 bits per heavy atom. The van der Waals surface area contributed by atoms with Crippen molar-refractivity contribution in [3.8, 4) is 6.07 Å². The van der Waals surface area contributed by atoms with E-state index in [-0.39, 0.29) is 29.5 Å². The van der Waals surface area contributed by atoms with Gasteiger partial charge in [0.25, 0.3) is 6.47 Å². The van der Waals surface area contributed by atoms with Crippen molar-refractivity contribution in [1.29, 1.82) is 10.7 Å². The highest BCUT2D eigenvalue weighted by atomic mass is 35.5. The van der Waals surface area contributed by atoms with Gasteiger partial charge in [-0.15, -0.1) is 0 Å². The number of nitrogens with zero attached hydrogens (tertiary/aromatic N) is 1. The third kappa shape index (κ3) is 2.60. The molecular formula is C10H10ClN3O4. The predicted octanol–water partition coefficient (Wildman–Crippen LogP) is 0.262. The standard InChI is InChI=1S/C10H10ClN3O4/c1-2-17-10(16)6-5(3-12)8(11)14-9(7(6)13)18-4-15/h4,6,9,13-14H,2H2,1H3/t6-,9-/m0/s1. The van der Waals surface area contributed by atoms with E-state index >= 15 is 0 Å². The molecule has 0 aromatic rings. The van der Waals surface area contributed by atoms with Crippen LogP contribution in [0.3, 0.4) is 0 Å². The van der Waals surface area contributed by atoms with Crippen molar-refractivity contribution in [3.63, 3.8) is 0 Å². The zero-order valence-electron chi connectivity index (χ0n) is 9.40. The number of carbonyl (C=O) groups excluding carboxylic acids is 2. The van der Waals surface area contributed by atoms with Gasteiger partial charge in [-0.2, -0.15) is 5.26 Å². The van der Waals surface area contributed by atoms with Gasteiger partial charge in [-0.25, -0.2) is 0 Å². The Morgan fingerprint density at radius 2 is 2.39 bits per heavy atom. The molecule has 1 rings (SSSR count). The van der Waals surface area contributed by atoms with E-state index in [1.807, 2.05) is 0 Å². The number of nitrogens with one attached hydrogen (secondary N) is 2. The molecule has 1 aliphatic rings. The topological polar surface area (TPSA) is 112 Å². The second-order valence-electron chi connectivity index (χ2n) is 3.24. The normalized spacial score (nSPS) is 22.8. The van der Waals surface area contributed by atoms with Gasteiger partial charge in [-0.3, -0.25) is 9.59 Å². The lowest BCUT2D eigenvalue weighted by Crippen LogP contribution is -2.48. The summed E-state index contributed by atoms with van der Waals surface area (Å²) in [5, 5.41) is 19.0. The first-order valence-corrected chi connectivity index (χ1v) is 5.35. The molecule has 1 heterocycles. The van der Waals surface area contributed by atoms with E-state index < -0.39 is 18.1 Å². The summed E-state index contributed by atoms with van der Waals surface area (Å²) >= 11 is 5.76. The molecule has 0 aromatic heterocycles. The lowest BCUT2D eigenvalue weighted by Gasteiger charge is -2.28. The fourth-order valence-electron chi connectivity index (χ4n) is 1.45. The third-order valence-corrected chi connectivity index (χ3v) is 2.52. The van der Waals surface area contributed by atoms with Gasteiger partial charge in [-0.1, -0.05) is 11.6 Å². The molecule has 0 saturated heterocycles. The molecule has 7 nitrogen and oxygen atoms in total. The molecule has 0 bridgehead atoms. The number of rotatable bonds is 4. The number of halogens is 1. The summed E-state index contributed by atoms with van der Waals surface area (Å²) in [6.07, 6.45) is -1.18. The lowest BCUT2D eigenvalue weighted by molar-refractivity contribution is -0.145. The molecule has 0 saturated carbocycles. The van der Waals surface area contributed by atoms with E-state index in [0.29, 0.717) is 0 Å². The van der Waals surface area contributed by atoms with Crippen LogP contribution in [0.2, 0.25) is 0 Å². The van der Waals surface area contributed by atoms with Crippen LogP contribution in [-0.4, -0.2) is 31.0 Å². The fourth-order valence-corrected chi connectivity index (χ4v) is 1.70. The average molecular weight is 272 g/mol. The summed E-state index contributed by atoms with van der Waals surface area (Å²) in [5.41, 5.74) is -0.438. The SMILES string of the molecule is CCOC(=O)[C@@H]1C(=N)[C@H](OC=O)NC(Cl)=C1C#N. The van der Waals surface area contributed by atoms with Gasteiger partial charge in [0.1, 0.15) is 11.1 Å². The smallest absolute Gasteiger partial charge is 0.320 e. The van der Waals surface area contributed by atoms with Crippen molar-refractivity contribution in [1.82, 2.24) is 5.32 Å². The molecule has 0 aliphatic carbocycles. The minimum atomic E-state index is -1.26. The first kappa shape index (κ1) is 14.0. The van der Waals surface area contributed by atoms with Gasteiger partial charge in [0, 0.05) is 0 Å². The number of carbonyl (C=O) groups is 2. The Hall–Kier alpha value is -2.07. The summed E-state index contributed by atoms with van der Waals surface area (Å²) in [6, 6.07) is 1.74. The quantitative estimate of drug-likeness (QED) is 0.431. The van der Waals surface area contributed by atoms with Crippen LogP contribution in [0.4, 0.5) is 0 Å². The molecule has 0 aromatic carbocycles. The molecule has 0 radical (unpaired) electrons. The van der Waals surface area contributed by atoms with Crippen LogP contribution in [-0.2, 0) is 19.1 Å². The minimum absolute atomic E-state index is 0.103. The molecule has 0 spiro atoms. The third-order valence-electron chi connectivity index (χ3n) is 2.21. The number of hydrogen-bond donors (Lipinski definition) is 2. The van der Waals surface area contributed by atoms with Crippen LogP contribution >= 0.6 is 11.6 Å². The number of esters is 1. The van der Waals surface area contributed by atoms with Gasteiger partial charge < -0.3 is 20.2 Å². The molecule has 18 heavy (non-hydrogen) atoms. The largest absolute Gasteiger partial charge is 0.465 e. The van der Waals surface area contributed by atoms with Crippen LogP contribution in [0.5, 0.6) is 0 Å². The first-order chi connectivity index (χ1) is 8.56. The van der Waals surface area contributed by atoms with E-state index in [2.05, 4.69) is 10.1 Å². The summed E-state index contributed by atoms with van der Waals surface area (Å²) in [5.74, 6) is -2.04. The first-order valence-electron chi connectivity index (χ1n) is 4.97. The van der Waals surface area contributed by atoms with Crippen molar-refractivity contribution in [2.75, 3.05) is 6.61 Å². The number of ether oxygens (including phenoxy) is 2. The number of hydrogen-bond acceptors (Lipinski definition) is 7. The monoisotopic (exact) mass is 271 g/mol. The van der Waals surface area contributed by atoms with Gasteiger partial charge in [0.05, 0.1) is 24.0 Å². The highest BCUT2D eigenvalue weighted by Gasteiger charge is 2.40. The molecular weight excluding hydrogens is 262 g/mol. The van der Waals surface area contributed by atoms with Crippen molar-refractivity contribution in [2.45, 2.75) is 13.2 Å². The van der Waals surface area contributed by atoms with Crippen molar-refractivity contribution >= 4 is 29.8 Å². The van der Waals surface area contributed by atoms with Crippen LogP contribution in [0.15, 0.2) is 10.7 Å². The van der Waals surface area contributed by atoms with Gasteiger partial charge in [0.15, 0.2) is 0 Å². The highest BCUT2D eigenvalue weighted by Crippen LogP contribution is 2.26. The van der Waals surface area contributed by atoms with Crippen LogP contribution in [0.25, 0.3) is 0 Å². The maximum Gasteiger partial charge on any atom is 0.320 e. The Bertz CT molecular complexity index is 455. The molecule has 2 atom stereocenters. The summed E-state index contributed by atoms with van der Waals surface area (Å²) in [7, 11) is 0. The van der Waals surface area contributed by atoms with Crippen LogP contribution in [0.1, 0.15) is 6.92 Å².